The van der Waals surface area contributed by atoms with Crippen molar-refractivity contribution in [2.45, 2.75) is 25.9 Å². The number of rotatable bonds is 7. The Bertz CT molecular complexity index is 211. The number of hydrogen-bond donors (Lipinski definition) is 1. The van der Waals surface area contributed by atoms with Crippen molar-refractivity contribution in [2.24, 2.45) is 5.92 Å². The van der Waals surface area contributed by atoms with Crippen LogP contribution in [0.3, 0.4) is 0 Å². The van der Waals surface area contributed by atoms with Gasteiger partial charge in [-0.25, -0.2) is 0 Å². The molecule has 0 amide bonds. The normalized spacial score (nSPS) is 27.9. The summed E-state index contributed by atoms with van der Waals surface area (Å²) in [7, 11) is 6.12. The fourth-order valence-electron chi connectivity index (χ4n) is 2.68. The van der Waals surface area contributed by atoms with Gasteiger partial charge in [-0.15, -0.1) is 0 Å². The zero-order valence-corrected chi connectivity index (χ0v) is 12.1. The Morgan fingerprint density at radius 2 is 2.12 bits per heavy atom. The summed E-state index contributed by atoms with van der Waals surface area (Å²) in [4.78, 5) is 4.91. The van der Waals surface area contributed by atoms with E-state index in [9.17, 15) is 0 Å². The number of methoxy groups -OCH3 is 1. The number of likely N-dealkylation sites (tertiary alicyclic amines) is 1. The highest BCUT2D eigenvalue weighted by Gasteiger charge is 2.30. The average Bonchev–Trinajstić information content (AvgIpc) is 2.60. The molecule has 17 heavy (non-hydrogen) atoms. The fourth-order valence-corrected chi connectivity index (χ4v) is 2.68. The van der Waals surface area contributed by atoms with Crippen LogP contribution in [0.1, 0.15) is 13.8 Å². The Labute approximate surface area is 106 Å². The zero-order valence-electron chi connectivity index (χ0n) is 12.1. The molecule has 1 heterocycles. The maximum atomic E-state index is 5.11. The van der Waals surface area contributed by atoms with Gasteiger partial charge in [0.05, 0.1) is 6.61 Å². The van der Waals surface area contributed by atoms with Crippen molar-refractivity contribution in [3.05, 3.63) is 0 Å². The Morgan fingerprint density at radius 1 is 1.41 bits per heavy atom. The smallest absolute Gasteiger partial charge is 0.0613 e. The molecule has 1 aliphatic rings. The van der Waals surface area contributed by atoms with Crippen LogP contribution in [-0.2, 0) is 4.74 Å². The predicted octanol–water partition coefficient (Wildman–Crippen LogP) is 0.493. The van der Waals surface area contributed by atoms with E-state index in [0.29, 0.717) is 12.1 Å². The van der Waals surface area contributed by atoms with Crippen LogP contribution < -0.4 is 5.32 Å². The van der Waals surface area contributed by atoms with E-state index in [4.69, 9.17) is 4.74 Å². The first kappa shape index (κ1) is 14.9. The van der Waals surface area contributed by atoms with Crippen molar-refractivity contribution in [1.82, 2.24) is 15.1 Å². The van der Waals surface area contributed by atoms with Crippen LogP contribution in [0, 0.1) is 5.92 Å². The average molecular weight is 243 g/mol. The second kappa shape index (κ2) is 7.31. The molecule has 0 spiro atoms. The Balaban J connectivity index is 2.17. The lowest BCUT2D eigenvalue weighted by Crippen LogP contribution is -2.38. The van der Waals surface area contributed by atoms with Crippen molar-refractivity contribution in [3.63, 3.8) is 0 Å². The van der Waals surface area contributed by atoms with Crippen LogP contribution >= 0.6 is 0 Å². The van der Waals surface area contributed by atoms with Crippen LogP contribution in [-0.4, -0.2) is 75.9 Å². The van der Waals surface area contributed by atoms with Crippen molar-refractivity contribution in [2.75, 3.05) is 54.0 Å². The molecule has 4 heteroatoms. The summed E-state index contributed by atoms with van der Waals surface area (Å²) in [6, 6.07) is 1.16. The maximum Gasteiger partial charge on any atom is 0.0613 e. The molecule has 1 fully saturated rings. The summed E-state index contributed by atoms with van der Waals surface area (Å²) in [6.07, 6.45) is 0. The summed E-state index contributed by atoms with van der Waals surface area (Å²) in [6.45, 7) is 9.93. The quantitative estimate of drug-likeness (QED) is 0.704. The van der Waals surface area contributed by atoms with Gasteiger partial charge in [0.2, 0.25) is 0 Å². The molecule has 0 aliphatic carbocycles. The third kappa shape index (κ3) is 4.92. The molecule has 0 aromatic carbocycles. The van der Waals surface area contributed by atoms with Gasteiger partial charge < -0.3 is 19.9 Å². The van der Waals surface area contributed by atoms with Gasteiger partial charge in [0.1, 0.15) is 0 Å². The first-order valence-electron chi connectivity index (χ1n) is 6.65. The standard InChI is InChI=1S/C13H29N3O/c1-11-8-16(9-13(11)15(3)4)7-6-14-12(2)10-17-5/h11-14H,6-10H2,1-5H3. The van der Waals surface area contributed by atoms with Crippen molar-refractivity contribution in [3.8, 4) is 0 Å². The van der Waals surface area contributed by atoms with E-state index in [1.165, 1.54) is 13.1 Å². The summed E-state index contributed by atoms with van der Waals surface area (Å²) >= 11 is 0. The van der Waals surface area contributed by atoms with Gasteiger partial charge in [-0.2, -0.15) is 0 Å². The second-order valence-corrected chi connectivity index (χ2v) is 5.58. The first-order valence-corrected chi connectivity index (χ1v) is 6.65. The molecule has 3 unspecified atom stereocenters. The van der Waals surface area contributed by atoms with E-state index < -0.39 is 0 Å². The SMILES string of the molecule is COCC(C)NCCN1CC(C)C(N(C)C)C1. The highest BCUT2D eigenvalue weighted by atomic mass is 16.5. The van der Waals surface area contributed by atoms with E-state index in [0.717, 1.165) is 25.6 Å². The van der Waals surface area contributed by atoms with Gasteiger partial charge in [-0.3, -0.25) is 0 Å². The molecular formula is C13H29N3O. The molecule has 1 rings (SSSR count). The zero-order chi connectivity index (χ0) is 12.8. The van der Waals surface area contributed by atoms with E-state index in [1.807, 2.05) is 0 Å². The van der Waals surface area contributed by atoms with Gasteiger partial charge in [0, 0.05) is 45.4 Å². The van der Waals surface area contributed by atoms with E-state index in [1.54, 1.807) is 7.11 Å². The van der Waals surface area contributed by atoms with Crippen LogP contribution in [0.5, 0.6) is 0 Å². The van der Waals surface area contributed by atoms with Gasteiger partial charge in [-0.05, 0) is 26.9 Å². The molecule has 4 nitrogen and oxygen atoms in total. The molecule has 102 valence electrons. The van der Waals surface area contributed by atoms with Crippen LogP contribution in [0.25, 0.3) is 0 Å². The fraction of sp³-hybridized carbons (Fsp3) is 1.00. The molecule has 1 aliphatic heterocycles. The van der Waals surface area contributed by atoms with Gasteiger partial charge >= 0.3 is 0 Å². The molecule has 0 aromatic rings. The van der Waals surface area contributed by atoms with Crippen molar-refractivity contribution >= 4 is 0 Å². The van der Waals surface area contributed by atoms with Gasteiger partial charge in [0.15, 0.2) is 0 Å². The third-order valence-electron chi connectivity index (χ3n) is 3.65. The van der Waals surface area contributed by atoms with Gasteiger partial charge in [-0.1, -0.05) is 6.92 Å². The lowest BCUT2D eigenvalue weighted by molar-refractivity contribution is 0.170. The highest BCUT2D eigenvalue weighted by Crippen LogP contribution is 2.19. The number of nitrogens with one attached hydrogen (secondary N) is 1. The Morgan fingerprint density at radius 3 is 2.65 bits per heavy atom. The minimum atomic E-state index is 0.449. The minimum Gasteiger partial charge on any atom is -0.383 e. The molecule has 3 atom stereocenters. The largest absolute Gasteiger partial charge is 0.383 e. The third-order valence-corrected chi connectivity index (χ3v) is 3.65. The number of hydrogen-bond acceptors (Lipinski definition) is 4. The summed E-state index contributed by atoms with van der Waals surface area (Å²) in [5, 5.41) is 3.49. The molecular weight excluding hydrogens is 214 g/mol. The molecule has 0 aromatic heterocycles. The maximum absolute atomic E-state index is 5.11. The first-order chi connectivity index (χ1) is 8.04. The lowest BCUT2D eigenvalue weighted by atomic mass is 10.1. The van der Waals surface area contributed by atoms with E-state index in [2.05, 4.69) is 43.1 Å². The van der Waals surface area contributed by atoms with Gasteiger partial charge in [0.25, 0.3) is 0 Å². The topological polar surface area (TPSA) is 27.7 Å². The monoisotopic (exact) mass is 243 g/mol. The predicted molar refractivity (Wildman–Crippen MR) is 72.4 cm³/mol. The molecule has 0 bridgehead atoms. The van der Waals surface area contributed by atoms with Crippen LogP contribution in [0.15, 0.2) is 0 Å². The molecule has 1 N–H and O–H groups in total. The molecule has 0 radical (unpaired) electrons. The Kier molecular flexibility index (Phi) is 6.41. The Hall–Kier alpha value is -0.160. The van der Waals surface area contributed by atoms with E-state index in [-0.39, 0.29) is 0 Å². The summed E-state index contributed by atoms with van der Waals surface area (Å²) < 4.78 is 5.11. The second-order valence-electron chi connectivity index (χ2n) is 5.58. The number of likely N-dealkylation sites (N-methyl/N-ethyl adjacent to an activating group) is 1. The van der Waals surface area contributed by atoms with Crippen molar-refractivity contribution in [1.29, 1.82) is 0 Å². The van der Waals surface area contributed by atoms with Crippen molar-refractivity contribution < 1.29 is 4.74 Å². The molecule has 1 saturated heterocycles. The van der Waals surface area contributed by atoms with E-state index >= 15 is 0 Å². The highest BCUT2D eigenvalue weighted by molar-refractivity contribution is 4.86. The van der Waals surface area contributed by atoms with Crippen LogP contribution in [0.2, 0.25) is 0 Å². The number of nitrogens with zero attached hydrogens (tertiary/aromatic N) is 2. The lowest BCUT2D eigenvalue weighted by Gasteiger charge is -2.23. The number of ether oxygens (including phenoxy) is 1. The summed E-state index contributed by atoms with van der Waals surface area (Å²) in [5.41, 5.74) is 0. The molecule has 0 saturated carbocycles. The minimum absolute atomic E-state index is 0.449. The van der Waals surface area contributed by atoms with Crippen LogP contribution in [0.4, 0.5) is 0 Å². The summed E-state index contributed by atoms with van der Waals surface area (Å²) in [5.74, 6) is 0.779.